The Bertz CT molecular complexity index is 517. The van der Waals surface area contributed by atoms with Crippen molar-refractivity contribution in [3.8, 4) is 0 Å². The molecule has 0 spiro atoms. The number of carbonyl (C=O) groups is 3. The van der Waals surface area contributed by atoms with Gasteiger partial charge >= 0.3 is 17.9 Å². The zero-order chi connectivity index (χ0) is 24.6. The molecule has 186 valence electrons. The topological polar surface area (TPSA) is 112 Å². The Kier molecular flexibility index (Phi) is 15.7. The first-order valence-corrected chi connectivity index (χ1v) is 12.2. The van der Waals surface area contributed by atoms with Gasteiger partial charge in [-0.2, -0.15) is 0 Å². The predicted molar refractivity (Wildman–Crippen MR) is 126 cm³/mol. The van der Waals surface area contributed by atoms with E-state index in [-0.39, 0.29) is 0 Å². The molecule has 0 aromatic carbocycles. The maximum Gasteiger partial charge on any atom is 0.306 e. The molecule has 32 heavy (non-hydrogen) atoms. The van der Waals surface area contributed by atoms with Gasteiger partial charge in [0, 0.05) is 19.3 Å². The molecule has 0 fully saturated rings. The molecule has 0 saturated heterocycles. The van der Waals surface area contributed by atoms with E-state index in [2.05, 4.69) is 6.58 Å². The number of unbranched alkanes of at least 4 members (excludes halogenated alkanes) is 6. The molecule has 0 saturated carbocycles. The van der Waals surface area contributed by atoms with E-state index in [4.69, 9.17) is 0 Å². The third kappa shape index (κ3) is 13.5. The number of carboxylic acid groups (broad SMARTS) is 3. The first kappa shape index (κ1) is 30.1. The normalized spacial score (nSPS) is 16.0. The third-order valence-electron chi connectivity index (χ3n) is 6.66. The van der Waals surface area contributed by atoms with Gasteiger partial charge in [-0.25, -0.2) is 0 Å². The second-order valence-corrected chi connectivity index (χ2v) is 9.52. The summed E-state index contributed by atoms with van der Waals surface area (Å²) in [4.78, 5) is 34.1. The van der Waals surface area contributed by atoms with Crippen molar-refractivity contribution in [2.24, 2.45) is 17.8 Å². The Morgan fingerprint density at radius 3 is 1.34 bits per heavy atom. The van der Waals surface area contributed by atoms with Gasteiger partial charge in [0.25, 0.3) is 0 Å². The first-order chi connectivity index (χ1) is 15.0. The van der Waals surface area contributed by atoms with Gasteiger partial charge in [0.2, 0.25) is 0 Å². The van der Waals surface area contributed by atoms with Crippen molar-refractivity contribution < 1.29 is 34.2 Å². The third-order valence-corrected chi connectivity index (χ3v) is 6.66. The van der Waals surface area contributed by atoms with Gasteiger partial charge in [0.1, 0.15) is 0 Å². The van der Waals surface area contributed by atoms with Crippen molar-refractivity contribution in [1.29, 1.82) is 0 Å². The minimum Gasteiger partial charge on any atom is -0.481 e. The van der Waals surface area contributed by atoms with E-state index in [1.165, 1.54) is 12.8 Å². The van der Waals surface area contributed by atoms with Crippen LogP contribution < -0.4 is 0 Å². The molecule has 0 radical (unpaired) electrons. The fourth-order valence-corrected chi connectivity index (χ4v) is 3.89. The molecule has 7 nitrogen and oxygen atoms in total. The Balaban J connectivity index is 5.20. The highest BCUT2D eigenvalue weighted by atomic mass is 16.4. The lowest BCUT2D eigenvalue weighted by atomic mass is 10.0. The highest BCUT2D eigenvalue weighted by molar-refractivity contribution is 5.70. The van der Waals surface area contributed by atoms with Crippen LogP contribution in [0.1, 0.15) is 85.0 Å². The average Bonchev–Trinajstić information content (AvgIpc) is 2.75. The maximum absolute atomic E-state index is 11.4. The van der Waals surface area contributed by atoms with Crippen LogP contribution in [-0.4, -0.2) is 63.9 Å². The Morgan fingerprint density at radius 1 is 0.656 bits per heavy atom. The van der Waals surface area contributed by atoms with Crippen LogP contribution in [0, 0.1) is 17.8 Å². The summed E-state index contributed by atoms with van der Waals surface area (Å²) in [6.45, 7) is 11.6. The summed E-state index contributed by atoms with van der Waals surface area (Å²) in [6.07, 6.45) is 11.2. The number of allylic oxidation sites excluding steroid dienone is 1. The Hall–Kier alpha value is -1.89. The molecule has 0 aliphatic carbocycles. The molecule has 7 heteroatoms. The van der Waals surface area contributed by atoms with Crippen LogP contribution in [-0.2, 0) is 14.4 Å². The van der Waals surface area contributed by atoms with E-state index < -0.39 is 35.7 Å². The number of nitrogens with zero attached hydrogens (tertiary/aromatic N) is 1. The fraction of sp³-hybridized carbons (Fsp3) is 0.800. The van der Waals surface area contributed by atoms with E-state index in [1.54, 1.807) is 20.8 Å². The summed E-state index contributed by atoms with van der Waals surface area (Å²) in [7, 11) is 0. The lowest BCUT2D eigenvalue weighted by molar-refractivity contribution is -0.929. The van der Waals surface area contributed by atoms with Crippen LogP contribution in [0.5, 0.6) is 0 Å². The summed E-state index contributed by atoms with van der Waals surface area (Å²) in [6, 6.07) is 0. The van der Waals surface area contributed by atoms with Crippen LogP contribution in [0.2, 0.25) is 0 Å². The zero-order valence-corrected chi connectivity index (χ0v) is 20.4. The highest BCUT2D eigenvalue weighted by Gasteiger charge is 2.31. The Morgan fingerprint density at radius 2 is 1.00 bits per heavy atom. The summed E-state index contributed by atoms with van der Waals surface area (Å²) in [5.74, 6) is -3.94. The second kappa shape index (κ2) is 16.7. The van der Waals surface area contributed by atoms with Crippen molar-refractivity contribution in [1.82, 2.24) is 0 Å². The minimum atomic E-state index is -0.833. The van der Waals surface area contributed by atoms with Crippen molar-refractivity contribution in [3.05, 3.63) is 12.7 Å². The number of rotatable bonds is 21. The molecule has 0 aromatic rings. The van der Waals surface area contributed by atoms with Crippen molar-refractivity contribution in [2.45, 2.75) is 85.0 Å². The van der Waals surface area contributed by atoms with E-state index in [0.717, 1.165) is 38.6 Å². The van der Waals surface area contributed by atoms with Crippen LogP contribution >= 0.6 is 0 Å². The Labute approximate surface area is 194 Å². The number of aliphatic carboxylic acids is 3. The molecule has 3 N–H and O–H groups in total. The maximum atomic E-state index is 11.4. The van der Waals surface area contributed by atoms with E-state index in [0.29, 0.717) is 43.4 Å². The summed E-state index contributed by atoms with van der Waals surface area (Å²) < 4.78 is 0.601. The number of quaternary nitrogens is 1. The van der Waals surface area contributed by atoms with Gasteiger partial charge in [-0.3, -0.25) is 14.4 Å². The van der Waals surface area contributed by atoms with Gasteiger partial charge < -0.3 is 19.8 Å². The molecule has 0 amide bonds. The number of hydrogen-bond acceptors (Lipinski definition) is 3. The highest BCUT2D eigenvalue weighted by Crippen LogP contribution is 2.21. The lowest BCUT2D eigenvalue weighted by Gasteiger charge is -2.40. The monoisotopic (exact) mass is 456 g/mol. The van der Waals surface area contributed by atoms with Gasteiger partial charge in [-0.05, 0) is 25.7 Å². The molecule has 0 aliphatic heterocycles. The van der Waals surface area contributed by atoms with Gasteiger partial charge in [-0.1, -0.05) is 46.1 Å². The molecule has 0 aromatic heterocycles. The number of hydrogen-bond donors (Lipinski definition) is 3. The van der Waals surface area contributed by atoms with E-state index in [1.807, 2.05) is 6.08 Å². The zero-order valence-electron chi connectivity index (χ0n) is 20.4. The lowest BCUT2D eigenvalue weighted by Crippen LogP contribution is -2.52. The van der Waals surface area contributed by atoms with Gasteiger partial charge in [-0.15, -0.1) is 6.58 Å². The standard InChI is InChI=1S/C25H45NO6/c1-5-6-7-8-9-10-11-12-16-26(17-13-20(2)23(27)28,18-14-21(3)24(29)30)19-15-22(4)25(31)32/h5,20-22H,1,6-19H2,2-4H3,(H2-,27,28,29,30,31,32)/p+1. The van der Waals surface area contributed by atoms with Crippen molar-refractivity contribution >= 4 is 17.9 Å². The molecule has 0 bridgehead atoms. The molecule has 3 atom stereocenters. The van der Waals surface area contributed by atoms with Crippen LogP contribution in [0.15, 0.2) is 12.7 Å². The first-order valence-electron chi connectivity index (χ1n) is 12.2. The molecule has 0 heterocycles. The van der Waals surface area contributed by atoms with E-state index >= 15 is 0 Å². The molecule has 0 aliphatic rings. The summed E-state index contributed by atoms with van der Waals surface area (Å²) in [5, 5.41) is 28.0. The number of carboxylic acids is 3. The van der Waals surface area contributed by atoms with Crippen molar-refractivity contribution in [3.63, 3.8) is 0 Å². The van der Waals surface area contributed by atoms with Gasteiger partial charge in [0.15, 0.2) is 0 Å². The SMILES string of the molecule is C=CCCCCCCCC[N+](CCC(C)C(=O)O)(CCC(C)C(=O)O)CCC(C)C(=O)O. The molecule has 0 rings (SSSR count). The molecule has 3 unspecified atom stereocenters. The summed E-state index contributed by atoms with van der Waals surface area (Å²) >= 11 is 0. The van der Waals surface area contributed by atoms with Crippen molar-refractivity contribution in [2.75, 3.05) is 26.2 Å². The molecular formula is C25H46NO6+. The molecular weight excluding hydrogens is 410 g/mol. The summed E-state index contributed by atoms with van der Waals surface area (Å²) in [5.41, 5.74) is 0. The van der Waals surface area contributed by atoms with E-state index in [9.17, 15) is 29.7 Å². The van der Waals surface area contributed by atoms with Crippen LogP contribution in [0.3, 0.4) is 0 Å². The largest absolute Gasteiger partial charge is 0.481 e. The fourth-order valence-electron chi connectivity index (χ4n) is 3.89. The van der Waals surface area contributed by atoms with Crippen LogP contribution in [0.25, 0.3) is 0 Å². The quantitative estimate of drug-likeness (QED) is 0.127. The minimum absolute atomic E-state index is 0.480. The second-order valence-electron chi connectivity index (χ2n) is 9.52. The van der Waals surface area contributed by atoms with Gasteiger partial charge in [0.05, 0.1) is 43.9 Å². The average molecular weight is 457 g/mol. The predicted octanol–water partition coefficient (Wildman–Crippen LogP) is 5.05. The van der Waals surface area contributed by atoms with Crippen LogP contribution in [0.4, 0.5) is 0 Å². The smallest absolute Gasteiger partial charge is 0.306 e.